The molecule has 0 aromatic heterocycles. The first-order valence-electron chi connectivity index (χ1n) is 8.51. The van der Waals surface area contributed by atoms with Crippen molar-refractivity contribution < 1.29 is 22.9 Å². The monoisotopic (exact) mass is 386 g/mol. The summed E-state index contributed by atoms with van der Waals surface area (Å²) in [5, 5.41) is 5.31. The third kappa shape index (κ3) is 7.61. The van der Waals surface area contributed by atoms with Crippen LogP contribution >= 0.6 is 0 Å². The second-order valence-electron chi connectivity index (χ2n) is 6.70. The largest absolute Gasteiger partial charge is 0.447 e. The number of amides is 2. The molecule has 0 fully saturated rings. The topological polar surface area (TPSA) is 84.5 Å². The number of carbonyl (C=O) groups excluding carboxylic acids is 2. The molecule has 2 N–H and O–H groups in total. The molecule has 0 aliphatic heterocycles. The Morgan fingerprint density at radius 2 is 1.69 bits per heavy atom. The number of halogens is 1. The number of imide groups is 1. The van der Waals surface area contributed by atoms with Crippen molar-refractivity contribution in [3.63, 3.8) is 0 Å². The van der Waals surface area contributed by atoms with Gasteiger partial charge in [0.05, 0.1) is 22.9 Å². The molecular formula is C18H27FN2O4S. The van der Waals surface area contributed by atoms with Gasteiger partial charge >= 0.3 is 6.09 Å². The molecule has 2 amide bonds. The van der Waals surface area contributed by atoms with Gasteiger partial charge in [-0.2, -0.15) is 0 Å². The summed E-state index contributed by atoms with van der Waals surface area (Å²) in [4.78, 5) is 24.4. The highest BCUT2D eigenvalue weighted by Crippen LogP contribution is 2.10. The molecule has 0 heterocycles. The Bertz CT molecular complexity index is 635. The van der Waals surface area contributed by atoms with E-state index in [4.69, 9.17) is 4.74 Å². The Morgan fingerprint density at radius 3 is 2.19 bits per heavy atom. The van der Waals surface area contributed by atoms with Gasteiger partial charge in [0.1, 0.15) is 5.82 Å². The van der Waals surface area contributed by atoms with E-state index in [1.54, 1.807) is 20.8 Å². The van der Waals surface area contributed by atoms with Crippen molar-refractivity contribution >= 4 is 22.8 Å². The molecule has 2 unspecified atom stereocenters. The first kappa shape index (κ1) is 22.2. The Kier molecular flexibility index (Phi) is 8.87. The van der Waals surface area contributed by atoms with Crippen LogP contribution in [0.3, 0.4) is 0 Å². The van der Waals surface area contributed by atoms with Gasteiger partial charge in [0.25, 0.3) is 0 Å². The van der Waals surface area contributed by atoms with E-state index >= 15 is 0 Å². The molecule has 0 saturated heterocycles. The average molecular weight is 386 g/mol. The van der Waals surface area contributed by atoms with Crippen LogP contribution in [-0.4, -0.2) is 40.1 Å². The Balaban J connectivity index is 2.65. The number of rotatable bonds is 8. The van der Waals surface area contributed by atoms with E-state index in [0.717, 1.165) is 0 Å². The maximum absolute atomic E-state index is 13.0. The van der Waals surface area contributed by atoms with E-state index in [-0.39, 0.29) is 29.6 Å². The molecule has 1 aromatic carbocycles. The van der Waals surface area contributed by atoms with E-state index in [2.05, 4.69) is 10.6 Å². The lowest BCUT2D eigenvalue weighted by Gasteiger charge is -2.25. The van der Waals surface area contributed by atoms with Crippen LogP contribution in [0.4, 0.5) is 9.18 Å². The molecule has 1 aromatic rings. The molecule has 26 heavy (non-hydrogen) atoms. The average Bonchev–Trinajstić information content (AvgIpc) is 2.51. The minimum atomic E-state index is -1.34. The highest BCUT2D eigenvalue weighted by Gasteiger charge is 2.26. The van der Waals surface area contributed by atoms with Crippen molar-refractivity contribution in [3.05, 3.63) is 30.1 Å². The van der Waals surface area contributed by atoms with Crippen LogP contribution in [0.15, 0.2) is 29.2 Å². The minimum absolute atomic E-state index is 0.0939. The molecule has 3 atom stereocenters. The van der Waals surface area contributed by atoms with Gasteiger partial charge in [-0.05, 0) is 51.0 Å². The summed E-state index contributed by atoms with van der Waals surface area (Å²) in [5.41, 5.74) is 0. The lowest BCUT2D eigenvalue weighted by atomic mass is 10.0. The van der Waals surface area contributed by atoms with E-state index in [1.165, 1.54) is 24.3 Å². The van der Waals surface area contributed by atoms with Gasteiger partial charge in [-0.1, -0.05) is 13.8 Å². The molecule has 0 bridgehead atoms. The van der Waals surface area contributed by atoms with Crippen LogP contribution in [0.25, 0.3) is 0 Å². The van der Waals surface area contributed by atoms with Gasteiger partial charge in [0.15, 0.2) is 0 Å². The summed E-state index contributed by atoms with van der Waals surface area (Å²) in [6.45, 7) is 8.87. The van der Waals surface area contributed by atoms with E-state index < -0.39 is 28.8 Å². The number of ether oxygens (including phenoxy) is 1. The number of benzene rings is 1. The van der Waals surface area contributed by atoms with Crippen LogP contribution < -0.4 is 10.6 Å². The third-order valence-corrected chi connectivity index (χ3v) is 5.06. The lowest BCUT2D eigenvalue weighted by Crippen LogP contribution is -2.53. The predicted molar refractivity (Wildman–Crippen MR) is 98.7 cm³/mol. The van der Waals surface area contributed by atoms with E-state index in [1.807, 2.05) is 13.8 Å². The summed E-state index contributed by atoms with van der Waals surface area (Å²) in [6, 6.07) is 4.57. The van der Waals surface area contributed by atoms with Crippen LogP contribution in [0, 0.1) is 11.7 Å². The summed E-state index contributed by atoms with van der Waals surface area (Å²) in [5.74, 6) is -0.728. The number of hydrogen-bond acceptors (Lipinski definition) is 5. The fraction of sp³-hybridized carbons (Fsp3) is 0.556. The van der Waals surface area contributed by atoms with Crippen LogP contribution in [-0.2, 0) is 20.3 Å². The van der Waals surface area contributed by atoms with E-state index in [0.29, 0.717) is 4.90 Å². The van der Waals surface area contributed by atoms with Crippen molar-refractivity contribution in [2.24, 2.45) is 5.92 Å². The third-order valence-electron chi connectivity index (χ3n) is 3.46. The maximum Gasteiger partial charge on any atom is 0.414 e. The maximum atomic E-state index is 13.0. The highest BCUT2D eigenvalue weighted by atomic mass is 32.2. The molecule has 1 rings (SSSR count). The van der Waals surface area contributed by atoms with Crippen molar-refractivity contribution in [1.82, 2.24) is 10.6 Å². The fourth-order valence-corrected chi connectivity index (χ4v) is 3.44. The summed E-state index contributed by atoms with van der Waals surface area (Å²) in [7, 11) is -1.34. The summed E-state index contributed by atoms with van der Waals surface area (Å²) >= 11 is 0. The zero-order chi connectivity index (χ0) is 19.9. The van der Waals surface area contributed by atoms with Crippen molar-refractivity contribution in [3.8, 4) is 0 Å². The van der Waals surface area contributed by atoms with Gasteiger partial charge < -0.3 is 10.1 Å². The van der Waals surface area contributed by atoms with Gasteiger partial charge in [-0.3, -0.25) is 14.3 Å². The smallest absolute Gasteiger partial charge is 0.414 e. The van der Waals surface area contributed by atoms with Crippen LogP contribution in [0.1, 0.15) is 34.6 Å². The molecule has 0 aliphatic carbocycles. The van der Waals surface area contributed by atoms with Crippen LogP contribution in [0.5, 0.6) is 0 Å². The number of carbonyl (C=O) groups is 2. The predicted octanol–water partition coefficient (Wildman–Crippen LogP) is 2.60. The summed E-state index contributed by atoms with van der Waals surface area (Å²) < 4.78 is 30.2. The van der Waals surface area contributed by atoms with E-state index in [9.17, 15) is 18.2 Å². The lowest BCUT2D eigenvalue weighted by molar-refractivity contribution is -0.123. The molecular weight excluding hydrogens is 359 g/mol. The van der Waals surface area contributed by atoms with Crippen LogP contribution in [0.2, 0.25) is 0 Å². The Labute approximate surface area is 156 Å². The molecule has 146 valence electrons. The van der Waals surface area contributed by atoms with Crippen molar-refractivity contribution in [2.75, 3.05) is 5.75 Å². The van der Waals surface area contributed by atoms with Crippen molar-refractivity contribution in [2.45, 2.75) is 57.7 Å². The second-order valence-corrected chi connectivity index (χ2v) is 8.19. The first-order chi connectivity index (χ1) is 12.1. The number of hydrogen-bond donors (Lipinski definition) is 2. The zero-order valence-corrected chi connectivity index (χ0v) is 16.6. The van der Waals surface area contributed by atoms with Gasteiger partial charge in [-0.15, -0.1) is 0 Å². The highest BCUT2D eigenvalue weighted by molar-refractivity contribution is 7.85. The number of nitrogens with one attached hydrogen (secondary N) is 2. The Morgan fingerprint density at radius 1 is 1.12 bits per heavy atom. The first-order valence-corrected chi connectivity index (χ1v) is 9.83. The van der Waals surface area contributed by atoms with Gasteiger partial charge in [-0.25, -0.2) is 9.18 Å². The van der Waals surface area contributed by atoms with Crippen molar-refractivity contribution in [1.29, 1.82) is 0 Å². The zero-order valence-electron chi connectivity index (χ0n) is 15.7. The molecule has 0 aliphatic rings. The summed E-state index contributed by atoms with van der Waals surface area (Å²) in [6.07, 6.45) is -1.12. The van der Waals surface area contributed by atoms with Gasteiger partial charge in [0.2, 0.25) is 5.91 Å². The molecule has 0 spiro atoms. The fourth-order valence-electron chi connectivity index (χ4n) is 2.26. The molecule has 0 saturated carbocycles. The standard InChI is InChI=1S/C18H27FN2O4S/c1-11(2)16(17(22)21-18(23)25-12(3)4)20-13(5)10-26(24)15-8-6-14(19)7-9-15/h6-9,11-13,16,20H,10H2,1-5H3,(H,21,22,23)/t13?,16-,26?/m0/s1. The SMILES string of the molecule is CC(CS(=O)c1ccc(F)cc1)N[C@H](C(=O)NC(=O)OC(C)C)C(C)C. The normalized spacial score (nSPS) is 14.8. The Hall–Kier alpha value is -1.80. The number of alkyl carbamates (subject to hydrolysis) is 1. The molecule has 6 nitrogen and oxygen atoms in total. The molecule has 8 heteroatoms. The van der Waals surface area contributed by atoms with Gasteiger partial charge in [0, 0.05) is 16.7 Å². The second kappa shape index (κ2) is 10.4. The molecule has 0 radical (unpaired) electrons. The quantitative estimate of drug-likeness (QED) is 0.717. The minimum Gasteiger partial charge on any atom is -0.447 e.